The minimum absolute atomic E-state index is 0. The average molecular weight is 1440 g/mol. The molecule has 0 N–H and O–H groups in total. The van der Waals surface area contributed by atoms with Crippen LogP contribution in [0.5, 0.6) is 0 Å². The van der Waals surface area contributed by atoms with Crippen LogP contribution in [0.25, 0.3) is 0 Å². The van der Waals surface area contributed by atoms with Gasteiger partial charge in [0.2, 0.25) is 0 Å². The second-order valence-corrected chi connectivity index (χ2v) is 26.3. The molecule has 0 aromatic heterocycles. The third-order valence-electron chi connectivity index (χ3n) is 21.0. The highest BCUT2D eigenvalue weighted by Crippen LogP contribution is 2.44. The van der Waals surface area contributed by atoms with Crippen LogP contribution >= 0.6 is 0 Å². The molecule has 0 bridgehead atoms. The van der Waals surface area contributed by atoms with Crippen molar-refractivity contribution in [3.8, 4) is 0 Å². The van der Waals surface area contributed by atoms with E-state index < -0.39 is 0 Å². The number of nitrogens with zero attached hydrogens (tertiary/aromatic N) is 2. The zero-order chi connectivity index (χ0) is 75.7. The Balaban J connectivity index is -0.000000219. The molecule has 0 fully saturated rings. The molecule has 0 saturated heterocycles. The zero-order valence-corrected chi connectivity index (χ0v) is 71.7. The molecule has 12 atom stereocenters. The van der Waals surface area contributed by atoms with Gasteiger partial charge < -0.3 is 0 Å². The molecule has 6 aliphatic carbocycles. The molecule has 2 heteroatoms. The first-order valence-electron chi connectivity index (χ1n) is 41.7. The summed E-state index contributed by atoms with van der Waals surface area (Å²) in [6.45, 7) is 82.9. The summed E-state index contributed by atoms with van der Waals surface area (Å²) in [4.78, 5) is 5.36. The van der Waals surface area contributed by atoms with Crippen LogP contribution in [0.3, 0.4) is 0 Å². The van der Waals surface area contributed by atoms with E-state index in [4.69, 9.17) is 0 Å². The van der Waals surface area contributed by atoms with Crippen molar-refractivity contribution in [2.75, 3.05) is 0 Å². The van der Waals surface area contributed by atoms with Gasteiger partial charge >= 0.3 is 0 Å². The van der Waals surface area contributed by atoms with Crippen molar-refractivity contribution in [2.24, 2.45) is 35.5 Å². The topological polar surface area (TPSA) is 6.48 Å². The highest BCUT2D eigenvalue weighted by Gasteiger charge is 2.32. The van der Waals surface area contributed by atoms with Crippen LogP contribution in [0.2, 0.25) is 0 Å². The Morgan fingerprint density at radius 2 is 0.337 bits per heavy atom. The fourth-order valence-corrected chi connectivity index (χ4v) is 15.0. The van der Waals surface area contributed by atoms with E-state index in [0.29, 0.717) is 35.5 Å². The molecule has 0 spiro atoms. The van der Waals surface area contributed by atoms with Gasteiger partial charge in [0.1, 0.15) is 0 Å². The first kappa shape index (κ1) is 115. The van der Waals surface area contributed by atoms with Crippen LogP contribution in [-0.2, 0) is 77.8 Å². The largest absolute Gasteiger partial charge is 0.291 e. The summed E-state index contributed by atoms with van der Waals surface area (Å²) in [7, 11) is 0. The van der Waals surface area contributed by atoms with Crippen molar-refractivity contribution in [3.05, 3.63) is 209 Å². The molecule has 0 radical (unpaired) electrons. The quantitative estimate of drug-likeness (QED) is 0.120. The summed E-state index contributed by atoms with van der Waals surface area (Å²) < 4.78 is 0. The Morgan fingerprint density at radius 1 is 0.192 bits per heavy atom. The fraction of sp³-hybridized carbons (Fsp3) is 0.647. The number of rotatable bonds is 12. The van der Waals surface area contributed by atoms with Crippen molar-refractivity contribution in [1.29, 1.82) is 0 Å². The minimum atomic E-state index is 0. The second-order valence-electron chi connectivity index (χ2n) is 26.3. The predicted molar refractivity (Wildman–Crippen MR) is 489 cm³/mol. The molecule has 0 aliphatic heterocycles. The maximum atomic E-state index is 2.68. The number of benzene rings is 6. The molecular formula is C102H186N2. The number of hydrogen-bond acceptors (Lipinski definition) is 2. The van der Waals surface area contributed by atoms with Crippen LogP contribution in [0, 0.1) is 35.5 Å². The lowest BCUT2D eigenvalue weighted by molar-refractivity contribution is 0.247. The monoisotopic (exact) mass is 1440 g/mol. The number of fused-ring (bicyclic) bond motifs is 6. The normalized spacial score (nSPS) is 20.6. The van der Waals surface area contributed by atoms with Crippen LogP contribution in [0.4, 0.5) is 0 Å². The summed E-state index contributed by atoms with van der Waals surface area (Å²) in [6, 6.07) is 44.0. The van der Waals surface area contributed by atoms with Crippen LogP contribution in [0.15, 0.2) is 109 Å². The molecule has 0 unspecified atom stereocenters. The molecule has 0 saturated carbocycles. The van der Waals surface area contributed by atoms with Gasteiger partial charge in [0.25, 0.3) is 0 Å². The summed E-state index contributed by atoms with van der Waals surface area (Å²) in [5.41, 5.74) is 27.7. The lowest BCUT2D eigenvalue weighted by Crippen LogP contribution is -2.23. The Kier molecular flexibility index (Phi) is 69.9. The van der Waals surface area contributed by atoms with Gasteiger partial charge in [0, 0.05) is 39.3 Å². The van der Waals surface area contributed by atoms with Crippen molar-refractivity contribution in [3.63, 3.8) is 0 Å². The third kappa shape index (κ3) is 31.4. The maximum absolute atomic E-state index is 2.68. The minimum Gasteiger partial charge on any atom is -0.291 e. The third-order valence-corrected chi connectivity index (χ3v) is 21.0. The highest BCUT2D eigenvalue weighted by atomic mass is 15.1. The summed E-state index contributed by atoms with van der Waals surface area (Å²) in [5, 5.41) is 0. The lowest BCUT2D eigenvalue weighted by atomic mass is 9.95. The van der Waals surface area contributed by atoms with Crippen LogP contribution < -0.4 is 0 Å². The van der Waals surface area contributed by atoms with E-state index in [-0.39, 0.29) is 44.6 Å². The Morgan fingerprint density at radius 3 is 0.519 bits per heavy atom. The standard InChI is InChI=1S/2C36H45N.12C2H6.6CH4/c1-22-13-31-10-7-29(17-35(31)26(22)5)20-37(19-28-9-12-34-25(4)24(3)15-33(34)16-28)21-30-8-11-32-14-23(2)27(6)36(32)18-30;1-22-13-31-10-7-28(16-34(31)25(22)4)19-37(20-29-8-11-32-14-23(2)26(5)35(32)17-29)21-30-9-12-33-15-24(3)27(6)36(33)18-30;12*1-2;;;;;;/h2*7-12,16-18,22-27H,13-15,19-21H2,1-6H3;12*1-2H3;6*1H4/t22-,23+,24-,25-,26-,27+;22-,23-,24+,25-,26-,27+;;;;;;;;;;;;;;;;;;/m00................../s1. The van der Waals surface area contributed by atoms with Crippen LogP contribution in [0.1, 0.15) is 429 Å². The fourth-order valence-electron chi connectivity index (χ4n) is 15.0. The van der Waals surface area contributed by atoms with Gasteiger partial charge in [-0.05, 0) is 210 Å². The van der Waals surface area contributed by atoms with Crippen molar-refractivity contribution < 1.29 is 0 Å². The molecule has 0 amide bonds. The summed E-state index contributed by atoms with van der Waals surface area (Å²) in [5.74, 6) is 8.58. The summed E-state index contributed by atoms with van der Waals surface area (Å²) >= 11 is 0. The van der Waals surface area contributed by atoms with E-state index in [1.807, 2.05) is 166 Å². The van der Waals surface area contributed by atoms with E-state index in [9.17, 15) is 0 Å². The van der Waals surface area contributed by atoms with Crippen LogP contribution in [-0.4, -0.2) is 9.80 Å². The van der Waals surface area contributed by atoms with Gasteiger partial charge in [-0.2, -0.15) is 0 Å². The lowest BCUT2D eigenvalue weighted by Gasteiger charge is -2.25. The van der Waals surface area contributed by atoms with E-state index >= 15 is 0 Å². The van der Waals surface area contributed by atoms with Gasteiger partial charge in [0.15, 0.2) is 0 Å². The van der Waals surface area contributed by atoms with Crippen molar-refractivity contribution in [1.82, 2.24) is 9.80 Å². The van der Waals surface area contributed by atoms with Gasteiger partial charge in [-0.25, -0.2) is 0 Å². The van der Waals surface area contributed by atoms with E-state index in [2.05, 4.69) is 202 Å². The number of hydrogen-bond donors (Lipinski definition) is 0. The molecule has 12 rings (SSSR count). The SMILES string of the molecule is C.C.C.C.C.C.CC.CC.CC.CC.CC.CC.CC.CC.CC.CC.CC.CC.C[C@@H]1Cc2ccc(CN(Cc3ccc4c(c3)C[C@H](C)[C@@H]4C)Cc3ccc4c(c3)[C@@H](C)[C@@H](C)C4)cc2[C@@H]1C.C[C@@H]1Cc2ccc(CN(Cc3ccc4c(c3)[C@@H](C)[C@@H](C)C4)Cc3ccc4c(c3)[C@@H](C)[C@@H](C)C4)cc2[C@@H]1C. The Bertz CT molecular complexity index is 2780. The van der Waals surface area contributed by atoms with Gasteiger partial charge in [-0.1, -0.05) is 403 Å². The molecule has 604 valence electrons. The molecule has 0 heterocycles. The Hall–Kier alpha value is -4.76. The molecule has 6 aromatic rings. The molecule has 2 nitrogen and oxygen atoms in total. The van der Waals surface area contributed by atoms with Gasteiger partial charge in [-0.3, -0.25) is 9.80 Å². The van der Waals surface area contributed by atoms with E-state index in [1.54, 1.807) is 66.8 Å². The average Bonchev–Trinajstić information content (AvgIpc) is 1.62. The van der Waals surface area contributed by atoms with Gasteiger partial charge in [0.05, 0.1) is 0 Å². The first-order chi connectivity index (χ1) is 47.5. The first-order valence-corrected chi connectivity index (χ1v) is 41.7. The zero-order valence-electron chi connectivity index (χ0n) is 71.7. The highest BCUT2D eigenvalue weighted by molar-refractivity contribution is 5.45. The molecule has 6 aromatic carbocycles. The predicted octanol–water partition coefficient (Wildman–Crippen LogP) is 33.7. The van der Waals surface area contributed by atoms with E-state index in [0.717, 1.165) is 74.8 Å². The van der Waals surface area contributed by atoms with Crippen molar-refractivity contribution in [2.45, 2.75) is 407 Å². The molecule has 104 heavy (non-hydrogen) atoms. The maximum Gasteiger partial charge on any atom is 0.0240 e. The molecular weight excluding hydrogens is 1250 g/mol. The smallest absolute Gasteiger partial charge is 0.0240 e. The Labute approximate surface area is 657 Å². The van der Waals surface area contributed by atoms with E-state index in [1.165, 1.54) is 71.9 Å². The summed E-state index contributed by atoms with van der Waals surface area (Å²) in [6.07, 6.45) is 7.40. The van der Waals surface area contributed by atoms with Gasteiger partial charge in [-0.15, -0.1) is 0 Å². The van der Waals surface area contributed by atoms with Crippen molar-refractivity contribution >= 4 is 0 Å². The molecule has 6 aliphatic rings. The second kappa shape index (κ2) is 63.2.